The van der Waals surface area contributed by atoms with Crippen LogP contribution in [0.4, 0.5) is 10.5 Å². The van der Waals surface area contributed by atoms with Crippen LogP contribution in [0.1, 0.15) is 12.5 Å². The number of carbonyl (C=O) groups is 2. The molecule has 1 rings (SSSR count). The summed E-state index contributed by atoms with van der Waals surface area (Å²) in [5.41, 5.74) is 1.65. The number of para-hydroxylation sites is 1. The molecule has 0 radical (unpaired) electrons. The van der Waals surface area contributed by atoms with Crippen LogP contribution in [-0.4, -0.2) is 36.9 Å². The number of aryl methyl sites for hydroxylation is 1. The summed E-state index contributed by atoms with van der Waals surface area (Å²) in [5, 5.41) is 13.9. The first-order valence-electron chi connectivity index (χ1n) is 5.95. The highest BCUT2D eigenvalue weighted by Crippen LogP contribution is 2.15. The van der Waals surface area contributed by atoms with E-state index in [4.69, 9.17) is 9.84 Å². The van der Waals surface area contributed by atoms with Crippen LogP contribution >= 0.6 is 0 Å². The fraction of sp³-hybridized carbons (Fsp3) is 0.385. The number of hydrogen-bond donors (Lipinski definition) is 3. The third kappa shape index (κ3) is 4.59. The number of amides is 2. The van der Waals surface area contributed by atoms with Crippen LogP contribution in [0.2, 0.25) is 0 Å². The molecule has 0 bridgehead atoms. The zero-order valence-corrected chi connectivity index (χ0v) is 11.0. The molecule has 0 heterocycles. The molecule has 0 spiro atoms. The van der Waals surface area contributed by atoms with E-state index in [0.717, 1.165) is 12.0 Å². The normalized spacial score (nSPS) is 11.7. The van der Waals surface area contributed by atoms with Gasteiger partial charge in [0.25, 0.3) is 0 Å². The average molecular weight is 266 g/mol. The summed E-state index contributed by atoms with van der Waals surface area (Å²) in [6, 6.07) is 5.72. The van der Waals surface area contributed by atoms with E-state index in [1.165, 1.54) is 7.11 Å². The lowest BCUT2D eigenvalue weighted by Crippen LogP contribution is -2.45. The summed E-state index contributed by atoms with van der Waals surface area (Å²) in [6.45, 7) is 1.89. The number of urea groups is 1. The topological polar surface area (TPSA) is 87.7 Å². The molecule has 3 N–H and O–H groups in total. The van der Waals surface area contributed by atoms with Crippen molar-refractivity contribution < 1.29 is 19.4 Å². The van der Waals surface area contributed by atoms with Crippen molar-refractivity contribution in [3.05, 3.63) is 29.8 Å². The van der Waals surface area contributed by atoms with Crippen LogP contribution in [0.25, 0.3) is 0 Å². The molecule has 1 unspecified atom stereocenters. The molecule has 2 amide bonds. The Kier molecular flexibility index (Phi) is 5.81. The van der Waals surface area contributed by atoms with Gasteiger partial charge in [-0.1, -0.05) is 25.1 Å². The zero-order chi connectivity index (χ0) is 14.3. The minimum atomic E-state index is -1.14. The lowest BCUT2D eigenvalue weighted by molar-refractivity contribution is -0.140. The van der Waals surface area contributed by atoms with Gasteiger partial charge >= 0.3 is 12.0 Å². The lowest BCUT2D eigenvalue weighted by Gasteiger charge is -2.15. The quantitative estimate of drug-likeness (QED) is 0.727. The molecule has 6 heteroatoms. The number of hydrogen-bond acceptors (Lipinski definition) is 3. The Bertz CT molecular complexity index is 448. The molecule has 1 aromatic carbocycles. The van der Waals surface area contributed by atoms with E-state index in [2.05, 4.69) is 10.6 Å². The Hall–Kier alpha value is -2.08. The third-order valence-electron chi connectivity index (χ3n) is 2.58. The van der Waals surface area contributed by atoms with E-state index >= 15 is 0 Å². The molecular formula is C13H18N2O4. The molecule has 1 aromatic rings. The Morgan fingerprint density at radius 3 is 2.63 bits per heavy atom. The van der Waals surface area contributed by atoms with Gasteiger partial charge in [0.2, 0.25) is 0 Å². The molecule has 0 aliphatic heterocycles. The van der Waals surface area contributed by atoms with Crippen LogP contribution in [0.3, 0.4) is 0 Å². The molecule has 1 atom stereocenters. The predicted octanol–water partition coefficient (Wildman–Crippen LogP) is 1.47. The first-order chi connectivity index (χ1) is 9.08. The van der Waals surface area contributed by atoms with Gasteiger partial charge in [-0.2, -0.15) is 0 Å². The molecule has 0 aromatic heterocycles. The zero-order valence-electron chi connectivity index (χ0n) is 11.0. The summed E-state index contributed by atoms with van der Waals surface area (Å²) in [6.07, 6.45) is 0.775. The number of benzene rings is 1. The van der Waals surface area contributed by atoms with Crippen molar-refractivity contribution in [3.63, 3.8) is 0 Å². The lowest BCUT2D eigenvalue weighted by atomic mass is 10.1. The molecule has 104 valence electrons. The van der Waals surface area contributed by atoms with E-state index in [1.807, 2.05) is 19.1 Å². The maximum Gasteiger partial charge on any atom is 0.328 e. The van der Waals surface area contributed by atoms with E-state index in [-0.39, 0.29) is 6.61 Å². The van der Waals surface area contributed by atoms with Gasteiger partial charge in [0.05, 0.1) is 6.61 Å². The summed E-state index contributed by atoms with van der Waals surface area (Å²) >= 11 is 0. The standard InChI is InChI=1S/C13H18N2O4/c1-3-9-6-4-5-7-10(9)14-13(18)15-11(8-19-2)12(16)17/h4-7,11H,3,8H2,1-2H3,(H,16,17)(H2,14,15,18). The first-order valence-corrected chi connectivity index (χ1v) is 5.95. The van der Waals surface area contributed by atoms with Crippen molar-refractivity contribution in [2.45, 2.75) is 19.4 Å². The molecule has 0 saturated carbocycles. The fourth-order valence-corrected chi connectivity index (χ4v) is 1.61. The number of carbonyl (C=O) groups excluding carboxylic acids is 1. The molecule has 6 nitrogen and oxygen atoms in total. The van der Waals surface area contributed by atoms with Crippen molar-refractivity contribution in [1.29, 1.82) is 0 Å². The Morgan fingerprint density at radius 2 is 2.05 bits per heavy atom. The van der Waals surface area contributed by atoms with Crippen molar-refractivity contribution in [2.24, 2.45) is 0 Å². The second kappa shape index (κ2) is 7.38. The van der Waals surface area contributed by atoms with E-state index in [0.29, 0.717) is 5.69 Å². The highest BCUT2D eigenvalue weighted by atomic mass is 16.5. The number of carboxylic acids is 1. The summed E-state index contributed by atoms with van der Waals surface area (Å²) in [5.74, 6) is -1.14. The maximum atomic E-state index is 11.7. The highest BCUT2D eigenvalue weighted by Gasteiger charge is 2.19. The second-order valence-corrected chi connectivity index (χ2v) is 3.96. The highest BCUT2D eigenvalue weighted by molar-refractivity contribution is 5.92. The van der Waals surface area contributed by atoms with Gasteiger partial charge < -0.3 is 20.5 Å². The molecule has 0 aliphatic carbocycles. The van der Waals surface area contributed by atoms with Crippen LogP contribution in [0.5, 0.6) is 0 Å². The number of ether oxygens (including phenoxy) is 1. The number of carboxylic acid groups (broad SMARTS) is 1. The second-order valence-electron chi connectivity index (χ2n) is 3.96. The number of rotatable bonds is 6. The van der Waals surface area contributed by atoms with Crippen molar-refractivity contribution in [1.82, 2.24) is 5.32 Å². The van der Waals surface area contributed by atoms with E-state index in [9.17, 15) is 9.59 Å². The smallest absolute Gasteiger partial charge is 0.328 e. The van der Waals surface area contributed by atoms with Crippen LogP contribution in [-0.2, 0) is 16.0 Å². The third-order valence-corrected chi connectivity index (χ3v) is 2.58. The Balaban J connectivity index is 2.66. The van der Waals surface area contributed by atoms with Crippen molar-refractivity contribution in [2.75, 3.05) is 19.0 Å². The number of anilines is 1. The fourth-order valence-electron chi connectivity index (χ4n) is 1.61. The Morgan fingerprint density at radius 1 is 1.37 bits per heavy atom. The Labute approximate surface area is 111 Å². The number of methoxy groups -OCH3 is 1. The minimum absolute atomic E-state index is 0.0851. The van der Waals surface area contributed by atoms with Crippen molar-refractivity contribution >= 4 is 17.7 Å². The van der Waals surface area contributed by atoms with Gasteiger partial charge in [0.1, 0.15) is 0 Å². The van der Waals surface area contributed by atoms with Crippen LogP contribution in [0, 0.1) is 0 Å². The summed E-state index contributed by atoms with van der Waals surface area (Å²) in [7, 11) is 1.38. The largest absolute Gasteiger partial charge is 0.480 e. The maximum absolute atomic E-state index is 11.7. The summed E-state index contributed by atoms with van der Waals surface area (Å²) in [4.78, 5) is 22.6. The average Bonchev–Trinajstić information content (AvgIpc) is 2.38. The van der Waals surface area contributed by atoms with Crippen LogP contribution < -0.4 is 10.6 Å². The minimum Gasteiger partial charge on any atom is -0.480 e. The van der Waals surface area contributed by atoms with Gasteiger partial charge in [-0.05, 0) is 18.1 Å². The number of nitrogens with one attached hydrogen (secondary N) is 2. The van der Waals surface area contributed by atoms with Gasteiger partial charge in [-0.15, -0.1) is 0 Å². The number of aliphatic carboxylic acids is 1. The molecule has 0 saturated heterocycles. The van der Waals surface area contributed by atoms with Crippen LogP contribution in [0.15, 0.2) is 24.3 Å². The summed E-state index contributed by atoms with van der Waals surface area (Å²) < 4.78 is 4.74. The van der Waals surface area contributed by atoms with Gasteiger partial charge in [-0.25, -0.2) is 9.59 Å². The first kappa shape index (κ1) is 15.0. The van der Waals surface area contributed by atoms with Gasteiger partial charge in [0, 0.05) is 12.8 Å². The molecule has 0 aliphatic rings. The van der Waals surface area contributed by atoms with E-state index < -0.39 is 18.0 Å². The van der Waals surface area contributed by atoms with Crippen molar-refractivity contribution in [3.8, 4) is 0 Å². The molecule has 19 heavy (non-hydrogen) atoms. The SMILES string of the molecule is CCc1ccccc1NC(=O)NC(COC)C(=O)O. The molecule has 0 fully saturated rings. The predicted molar refractivity (Wildman–Crippen MR) is 71.3 cm³/mol. The van der Waals surface area contributed by atoms with Gasteiger partial charge in [-0.3, -0.25) is 0 Å². The monoisotopic (exact) mass is 266 g/mol. The molecular weight excluding hydrogens is 248 g/mol. The van der Waals surface area contributed by atoms with Gasteiger partial charge in [0.15, 0.2) is 6.04 Å². The van der Waals surface area contributed by atoms with E-state index in [1.54, 1.807) is 12.1 Å².